The molecule has 0 unspecified atom stereocenters. The van der Waals surface area contributed by atoms with E-state index >= 15 is 0 Å². The lowest BCUT2D eigenvalue weighted by Gasteiger charge is -2.08. The minimum absolute atomic E-state index is 0.0232. The minimum Gasteiger partial charge on any atom is -0.355 e. The lowest BCUT2D eigenvalue weighted by atomic mass is 10.3. The summed E-state index contributed by atoms with van der Waals surface area (Å²) in [5.74, 6) is -0.903. The molecule has 0 saturated heterocycles. The van der Waals surface area contributed by atoms with Crippen molar-refractivity contribution in [2.45, 2.75) is 13.3 Å². The summed E-state index contributed by atoms with van der Waals surface area (Å²) in [6, 6.07) is 3.30. The van der Waals surface area contributed by atoms with Crippen molar-refractivity contribution in [3.05, 3.63) is 29.0 Å². The van der Waals surface area contributed by atoms with Gasteiger partial charge in [-0.2, -0.15) is 0 Å². The molecule has 0 bridgehead atoms. The van der Waals surface area contributed by atoms with Crippen LogP contribution in [0.2, 0.25) is 5.02 Å². The van der Waals surface area contributed by atoms with Crippen molar-refractivity contribution in [1.82, 2.24) is 10.6 Å². The Bertz CT molecular complexity index is 468. The SMILES string of the molecule is CCCNC(=O)CNC(=O)Nc1ccc(Cl)c(F)c1. The molecule has 0 fully saturated rings. The van der Waals surface area contributed by atoms with Gasteiger partial charge in [-0.3, -0.25) is 4.79 Å². The molecule has 0 aliphatic heterocycles. The van der Waals surface area contributed by atoms with E-state index in [1.165, 1.54) is 12.1 Å². The monoisotopic (exact) mass is 287 g/mol. The first kappa shape index (κ1) is 15.2. The number of rotatable bonds is 5. The molecule has 0 radical (unpaired) electrons. The van der Waals surface area contributed by atoms with Crippen molar-refractivity contribution in [2.24, 2.45) is 0 Å². The Balaban J connectivity index is 2.38. The van der Waals surface area contributed by atoms with E-state index in [0.29, 0.717) is 6.54 Å². The van der Waals surface area contributed by atoms with Crippen molar-refractivity contribution in [2.75, 3.05) is 18.4 Å². The summed E-state index contributed by atoms with van der Waals surface area (Å²) >= 11 is 5.51. The maximum absolute atomic E-state index is 13.1. The fourth-order valence-corrected chi connectivity index (χ4v) is 1.35. The highest BCUT2D eigenvalue weighted by Gasteiger charge is 2.06. The average Bonchev–Trinajstić information content (AvgIpc) is 2.38. The Kier molecular flexibility index (Phi) is 6.08. The molecule has 7 heteroatoms. The van der Waals surface area contributed by atoms with Gasteiger partial charge >= 0.3 is 6.03 Å². The molecule has 19 heavy (non-hydrogen) atoms. The summed E-state index contributed by atoms with van der Waals surface area (Å²) in [4.78, 5) is 22.7. The van der Waals surface area contributed by atoms with E-state index < -0.39 is 11.8 Å². The zero-order chi connectivity index (χ0) is 14.3. The van der Waals surface area contributed by atoms with Crippen LogP contribution in [0.5, 0.6) is 0 Å². The van der Waals surface area contributed by atoms with Crippen molar-refractivity contribution in [1.29, 1.82) is 0 Å². The molecule has 0 saturated carbocycles. The fourth-order valence-electron chi connectivity index (χ4n) is 1.24. The fraction of sp³-hybridized carbons (Fsp3) is 0.333. The lowest BCUT2D eigenvalue weighted by Crippen LogP contribution is -2.39. The Morgan fingerprint density at radius 1 is 1.32 bits per heavy atom. The number of carbonyl (C=O) groups excluding carboxylic acids is 2. The molecule has 0 aliphatic carbocycles. The number of hydrogen-bond donors (Lipinski definition) is 3. The highest BCUT2D eigenvalue weighted by molar-refractivity contribution is 6.30. The van der Waals surface area contributed by atoms with E-state index in [0.717, 1.165) is 12.5 Å². The van der Waals surface area contributed by atoms with E-state index in [1.807, 2.05) is 6.92 Å². The maximum atomic E-state index is 13.1. The van der Waals surface area contributed by atoms with E-state index in [4.69, 9.17) is 11.6 Å². The molecular weight excluding hydrogens is 273 g/mol. The lowest BCUT2D eigenvalue weighted by molar-refractivity contribution is -0.120. The molecule has 5 nitrogen and oxygen atoms in total. The summed E-state index contributed by atoms with van der Waals surface area (Å²) in [7, 11) is 0. The number of hydrogen-bond acceptors (Lipinski definition) is 2. The summed E-state index contributed by atoms with van der Waals surface area (Å²) in [6.45, 7) is 2.35. The van der Waals surface area contributed by atoms with Crippen LogP contribution in [0.15, 0.2) is 18.2 Å². The van der Waals surface area contributed by atoms with Crippen molar-refractivity contribution in [3.63, 3.8) is 0 Å². The maximum Gasteiger partial charge on any atom is 0.319 e. The molecule has 0 aliphatic rings. The Morgan fingerprint density at radius 2 is 2.05 bits per heavy atom. The summed E-state index contributed by atoms with van der Waals surface area (Å²) in [5.41, 5.74) is 0.258. The third-order valence-electron chi connectivity index (χ3n) is 2.16. The second-order valence-corrected chi connectivity index (χ2v) is 4.19. The zero-order valence-corrected chi connectivity index (χ0v) is 11.2. The second kappa shape index (κ2) is 7.58. The number of benzene rings is 1. The van der Waals surface area contributed by atoms with Crippen molar-refractivity contribution >= 4 is 29.2 Å². The molecule has 3 N–H and O–H groups in total. The highest BCUT2D eigenvalue weighted by atomic mass is 35.5. The normalized spacial score (nSPS) is 9.84. The predicted molar refractivity (Wildman–Crippen MR) is 71.7 cm³/mol. The van der Waals surface area contributed by atoms with Crippen LogP contribution in [-0.4, -0.2) is 25.0 Å². The van der Waals surface area contributed by atoms with E-state index in [1.54, 1.807) is 0 Å². The van der Waals surface area contributed by atoms with Gasteiger partial charge in [-0.15, -0.1) is 0 Å². The number of carbonyl (C=O) groups is 2. The van der Waals surface area contributed by atoms with Crippen LogP contribution >= 0.6 is 11.6 Å². The molecular formula is C12H15ClFN3O2. The quantitative estimate of drug-likeness (QED) is 0.776. The first-order valence-corrected chi connectivity index (χ1v) is 6.17. The third-order valence-corrected chi connectivity index (χ3v) is 2.47. The van der Waals surface area contributed by atoms with Gasteiger partial charge in [-0.25, -0.2) is 9.18 Å². The number of anilines is 1. The van der Waals surface area contributed by atoms with Gasteiger partial charge in [0.2, 0.25) is 5.91 Å². The number of halogens is 2. The molecule has 1 rings (SSSR count). The molecule has 0 spiro atoms. The number of urea groups is 1. The van der Waals surface area contributed by atoms with Gasteiger partial charge in [0.05, 0.1) is 11.6 Å². The van der Waals surface area contributed by atoms with Crippen LogP contribution in [-0.2, 0) is 4.79 Å². The largest absolute Gasteiger partial charge is 0.355 e. The Hall–Kier alpha value is -1.82. The van der Waals surface area contributed by atoms with E-state index in [-0.39, 0.29) is 23.2 Å². The van der Waals surface area contributed by atoms with Crippen LogP contribution < -0.4 is 16.0 Å². The van der Waals surface area contributed by atoms with Gasteiger partial charge in [-0.05, 0) is 24.6 Å². The standard InChI is InChI=1S/C12H15ClFN3O2/c1-2-5-15-11(18)7-16-12(19)17-8-3-4-9(13)10(14)6-8/h3-4,6H,2,5,7H2,1H3,(H,15,18)(H2,16,17,19). The number of nitrogens with one attached hydrogen (secondary N) is 3. The predicted octanol–water partition coefficient (Wildman–Crippen LogP) is 2.13. The van der Waals surface area contributed by atoms with Gasteiger partial charge in [0, 0.05) is 12.2 Å². The van der Waals surface area contributed by atoms with Crippen LogP contribution in [0.25, 0.3) is 0 Å². The van der Waals surface area contributed by atoms with Gasteiger partial charge in [0.1, 0.15) is 5.82 Å². The van der Waals surface area contributed by atoms with Gasteiger partial charge < -0.3 is 16.0 Å². The average molecular weight is 288 g/mol. The highest BCUT2D eigenvalue weighted by Crippen LogP contribution is 2.18. The zero-order valence-electron chi connectivity index (χ0n) is 10.4. The molecule has 0 heterocycles. The smallest absolute Gasteiger partial charge is 0.319 e. The van der Waals surface area contributed by atoms with Crippen LogP contribution in [0.3, 0.4) is 0 Å². The van der Waals surface area contributed by atoms with Gasteiger partial charge in [0.15, 0.2) is 0 Å². The van der Waals surface area contributed by atoms with E-state index in [9.17, 15) is 14.0 Å². The third kappa shape index (κ3) is 5.56. The first-order chi connectivity index (χ1) is 9.02. The number of amides is 3. The Labute approximate surface area is 115 Å². The molecule has 0 atom stereocenters. The van der Waals surface area contributed by atoms with Crippen LogP contribution in [0, 0.1) is 5.82 Å². The van der Waals surface area contributed by atoms with Crippen molar-refractivity contribution in [3.8, 4) is 0 Å². The van der Waals surface area contributed by atoms with Crippen LogP contribution in [0.1, 0.15) is 13.3 Å². The van der Waals surface area contributed by atoms with Gasteiger partial charge in [-0.1, -0.05) is 18.5 Å². The van der Waals surface area contributed by atoms with Crippen LogP contribution in [0.4, 0.5) is 14.9 Å². The molecule has 104 valence electrons. The summed E-state index contributed by atoms with van der Waals surface area (Å²) < 4.78 is 13.1. The summed E-state index contributed by atoms with van der Waals surface area (Å²) in [5, 5.41) is 7.34. The van der Waals surface area contributed by atoms with E-state index in [2.05, 4.69) is 16.0 Å². The second-order valence-electron chi connectivity index (χ2n) is 3.79. The molecule has 1 aromatic carbocycles. The molecule has 1 aromatic rings. The van der Waals surface area contributed by atoms with Gasteiger partial charge in [0.25, 0.3) is 0 Å². The Morgan fingerprint density at radius 3 is 2.68 bits per heavy atom. The summed E-state index contributed by atoms with van der Waals surface area (Å²) in [6.07, 6.45) is 0.821. The topological polar surface area (TPSA) is 70.2 Å². The van der Waals surface area contributed by atoms with Crippen molar-refractivity contribution < 1.29 is 14.0 Å². The molecule has 3 amide bonds. The minimum atomic E-state index is -0.625. The first-order valence-electron chi connectivity index (χ1n) is 5.79. The molecule has 0 aromatic heterocycles.